The number of halogens is 1. The predicted octanol–water partition coefficient (Wildman–Crippen LogP) is 3.49. The maximum absolute atomic E-state index is 12.6. The summed E-state index contributed by atoms with van der Waals surface area (Å²) in [6, 6.07) is 8.74. The third kappa shape index (κ3) is 2.51. The van der Waals surface area contributed by atoms with Crippen LogP contribution in [-0.4, -0.2) is 22.6 Å². The number of aromatic nitrogens is 2. The number of amides is 1. The first-order valence-electron chi connectivity index (χ1n) is 6.65. The van der Waals surface area contributed by atoms with E-state index in [2.05, 4.69) is 10.3 Å². The van der Waals surface area contributed by atoms with E-state index in [0.29, 0.717) is 22.0 Å². The number of pyridine rings is 1. The average Bonchev–Trinajstić information content (AvgIpc) is 2.85. The second-order valence-corrected chi connectivity index (χ2v) is 5.26. The first-order chi connectivity index (χ1) is 10.6. The zero-order valence-electron chi connectivity index (χ0n) is 12.1. The van der Waals surface area contributed by atoms with Crippen LogP contribution >= 0.6 is 11.6 Å². The summed E-state index contributed by atoms with van der Waals surface area (Å²) in [5, 5.41) is 4.15. The van der Waals surface area contributed by atoms with Gasteiger partial charge in [-0.1, -0.05) is 11.6 Å². The van der Waals surface area contributed by atoms with Gasteiger partial charge in [-0.3, -0.25) is 4.79 Å². The highest BCUT2D eigenvalue weighted by Gasteiger charge is 2.16. The number of carbonyl (C=O) groups excluding carboxylic acids is 1. The van der Waals surface area contributed by atoms with Crippen LogP contribution in [0.4, 0.5) is 5.69 Å². The number of benzene rings is 1. The number of anilines is 1. The fraction of sp³-hybridized carbons (Fsp3) is 0.125. The Labute approximate surface area is 132 Å². The summed E-state index contributed by atoms with van der Waals surface area (Å²) in [5.41, 5.74) is 1.83. The molecule has 0 fully saturated rings. The topological polar surface area (TPSA) is 56.1 Å². The number of aryl methyl sites for hydroxylation is 1. The van der Waals surface area contributed by atoms with Gasteiger partial charge >= 0.3 is 0 Å². The number of rotatable bonds is 3. The maximum Gasteiger partial charge on any atom is 0.258 e. The molecule has 3 aromatic rings. The van der Waals surface area contributed by atoms with E-state index < -0.39 is 0 Å². The molecule has 0 saturated carbocycles. The van der Waals surface area contributed by atoms with Gasteiger partial charge in [-0.2, -0.15) is 0 Å². The summed E-state index contributed by atoms with van der Waals surface area (Å²) in [4.78, 5) is 16.8. The van der Waals surface area contributed by atoms with E-state index in [1.54, 1.807) is 43.8 Å². The second-order valence-electron chi connectivity index (χ2n) is 4.83. The maximum atomic E-state index is 12.6. The highest BCUT2D eigenvalue weighted by Crippen LogP contribution is 2.29. The summed E-state index contributed by atoms with van der Waals surface area (Å²) < 4.78 is 7.06. The Morgan fingerprint density at radius 3 is 2.95 bits per heavy atom. The molecule has 0 unspecified atom stereocenters. The molecule has 0 aliphatic carbocycles. The third-order valence-corrected chi connectivity index (χ3v) is 3.62. The van der Waals surface area contributed by atoms with Crippen molar-refractivity contribution >= 4 is 34.2 Å². The highest BCUT2D eigenvalue weighted by atomic mass is 35.5. The minimum atomic E-state index is -0.237. The van der Waals surface area contributed by atoms with Gasteiger partial charge in [0.05, 0.1) is 18.4 Å². The van der Waals surface area contributed by atoms with Crippen molar-refractivity contribution in [2.45, 2.75) is 0 Å². The van der Waals surface area contributed by atoms with E-state index in [1.165, 1.54) is 0 Å². The smallest absolute Gasteiger partial charge is 0.258 e. The van der Waals surface area contributed by atoms with Crippen molar-refractivity contribution in [2.75, 3.05) is 12.4 Å². The lowest BCUT2D eigenvalue weighted by Gasteiger charge is -2.10. The Hall–Kier alpha value is -2.53. The quantitative estimate of drug-likeness (QED) is 0.805. The summed E-state index contributed by atoms with van der Waals surface area (Å²) in [7, 11) is 3.40. The molecular formula is C16H14ClN3O2. The summed E-state index contributed by atoms with van der Waals surface area (Å²) >= 11 is 5.98. The van der Waals surface area contributed by atoms with Gasteiger partial charge in [0, 0.05) is 29.9 Å². The SMILES string of the molecule is COc1ccc(Cl)cc1NC(=O)c1cn(C)c2ncccc12. The van der Waals surface area contributed by atoms with Gasteiger partial charge in [-0.15, -0.1) is 0 Å². The molecule has 0 spiro atoms. The van der Waals surface area contributed by atoms with Crippen LogP contribution in [0.5, 0.6) is 5.75 Å². The number of carbonyl (C=O) groups is 1. The van der Waals surface area contributed by atoms with Crippen molar-refractivity contribution in [3.8, 4) is 5.75 Å². The number of fused-ring (bicyclic) bond motifs is 1. The van der Waals surface area contributed by atoms with E-state index in [0.717, 1.165) is 11.0 Å². The molecule has 6 heteroatoms. The molecular weight excluding hydrogens is 302 g/mol. The Bertz CT molecular complexity index is 858. The average molecular weight is 316 g/mol. The summed E-state index contributed by atoms with van der Waals surface area (Å²) in [5.74, 6) is 0.315. The molecule has 0 radical (unpaired) electrons. The predicted molar refractivity (Wildman–Crippen MR) is 86.7 cm³/mol. The van der Waals surface area contributed by atoms with Crippen LogP contribution in [0.1, 0.15) is 10.4 Å². The molecule has 3 rings (SSSR count). The van der Waals surface area contributed by atoms with Gasteiger partial charge in [0.15, 0.2) is 0 Å². The molecule has 0 atom stereocenters. The first kappa shape index (κ1) is 14.4. The lowest BCUT2D eigenvalue weighted by Crippen LogP contribution is -2.12. The van der Waals surface area contributed by atoms with Gasteiger partial charge in [-0.05, 0) is 30.3 Å². The monoisotopic (exact) mass is 315 g/mol. The molecule has 2 heterocycles. The molecule has 1 amide bonds. The Morgan fingerprint density at radius 1 is 1.36 bits per heavy atom. The van der Waals surface area contributed by atoms with Gasteiger partial charge in [0.2, 0.25) is 0 Å². The van der Waals surface area contributed by atoms with E-state index in [9.17, 15) is 4.79 Å². The molecule has 1 aromatic carbocycles. The Balaban J connectivity index is 1.99. The standard InChI is InChI=1S/C16H14ClN3O2/c1-20-9-12(11-4-3-7-18-15(11)20)16(21)19-13-8-10(17)5-6-14(13)22-2/h3-9H,1-2H3,(H,19,21). The molecule has 2 aromatic heterocycles. The van der Waals surface area contributed by atoms with Crippen molar-refractivity contribution < 1.29 is 9.53 Å². The number of nitrogens with zero attached hydrogens (tertiary/aromatic N) is 2. The Kier molecular flexibility index (Phi) is 3.73. The largest absolute Gasteiger partial charge is 0.495 e. The molecule has 0 aliphatic rings. The third-order valence-electron chi connectivity index (χ3n) is 3.39. The molecule has 112 valence electrons. The van der Waals surface area contributed by atoms with E-state index in [1.807, 2.05) is 17.7 Å². The zero-order valence-corrected chi connectivity index (χ0v) is 12.9. The van der Waals surface area contributed by atoms with Gasteiger partial charge < -0.3 is 14.6 Å². The molecule has 0 aliphatic heterocycles. The molecule has 0 saturated heterocycles. The van der Waals surface area contributed by atoms with E-state index >= 15 is 0 Å². The molecule has 5 nitrogen and oxygen atoms in total. The molecule has 22 heavy (non-hydrogen) atoms. The van der Waals surface area contributed by atoms with Crippen LogP contribution in [-0.2, 0) is 7.05 Å². The highest BCUT2D eigenvalue weighted by molar-refractivity contribution is 6.31. The van der Waals surface area contributed by atoms with Crippen molar-refractivity contribution in [2.24, 2.45) is 7.05 Å². The fourth-order valence-corrected chi connectivity index (χ4v) is 2.53. The van der Waals surface area contributed by atoms with Crippen LogP contribution in [0.15, 0.2) is 42.7 Å². The van der Waals surface area contributed by atoms with E-state index in [-0.39, 0.29) is 5.91 Å². The van der Waals surface area contributed by atoms with Crippen molar-refractivity contribution in [3.63, 3.8) is 0 Å². The minimum absolute atomic E-state index is 0.237. The van der Waals surface area contributed by atoms with Crippen molar-refractivity contribution in [1.29, 1.82) is 0 Å². The van der Waals surface area contributed by atoms with Gasteiger partial charge in [-0.25, -0.2) is 4.98 Å². The van der Waals surface area contributed by atoms with Crippen molar-refractivity contribution in [3.05, 3.63) is 53.3 Å². The number of methoxy groups -OCH3 is 1. The lowest BCUT2D eigenvalue weighted by atomic mass is 10.2. The zero-order chi connectivity index (χ0) is 15.7. The fourth-order valence-electron chi connectivity index (χ4n) is 2.36. The summed E-state index contributed by atoms with van der Waals surface area (Å²) in [6.45, 7) is 0. The van der Waals surface area contributed by atoms with Crippen LogP contribution in [0.25, 0.3) is 11.0 Å². The minimum Gasteiger partial charge on any atom is -0.495 e. The van der Waals surface area contributed by atoms with Gasteiger partial charge in [0.1, 0.15) is 11.4 Å². The van der Waals surface area contributed by atoms with Crippen LogP contribution in [0.2, 0.25) is 5.02 Å². The lowest BCUT2D eigenvalue weighted by molar-refractivity contribution is 0.102. The Morgan fingerprint density at radius 2 is 2.18 bits per heavy atom. The summed E-state index contributed by atoms with van der Waals surface area (Å²) in [6.07, 6.45) is 3.45. The van der Waals surface area contributed by atoms with Crippen LogP contribution < -0.4 is 10.1 Å². The number of nitrogens with one attached hydrogen (secondary N) is 1. The molecule has 0 bridgehead atoms. The van der Waals surface area contributed by atoms with Gasteiger partial charge in [0.25, 0.3) is 5.91 Å². The normalized spacial score (nSPS) is 10.7. The number of hydrogen-bond acceptors (Lipinski definition) is 3. The second kappa shape index (κ2) is 5.69. The van der Waals surface area contributed by atoms with Crippen LogP contribution in [0.3, 0.4) is 0 Å². The van der Waals surface area contributed by atoms with E-state index in [4.69, 9.17) is 16.3 Å². The number of hydrogen-bond donors (Lipinski definition) is 1. The van der Waals surface area contributed by atoms with Crippen molar-refractivity contribution in [1.82, 2.24) is 9.55 Å². The first-order valence-corrected chi connectivity index (χ1v) is 7.03. The van der Waals surface area contributed by atoms with Crippen LogP contribution in [0, 0.1) is 0 Å². The molecule has 1 N–H and O–H groups in total. The number of ether oxygens (including phenoxy) is 1.